The molecule has 96 valence electrons. The van der Waals surface area contributed by atoms with E-state index >= 15 is 0 Å². The highest BCUT2D eigenvalue weighted by molar-refractivity contribution is 5.76. The van der Waals surface area contributed by atoms with Gasteiger partial charge < -0.3 is 10.6 Å². The Kier molecular flexibility index (Phi) is 2.90. The molecule has 0 radical (unpaired) electrons. The average Bonchev–Trinajstić information content (AvgIpc) is 2.67. The maximum atomic E-state index is 13.0. The standard InChI is InChI=1S/C11H10F3N3O/c1-18-17-9(11(12,13)14)8(10(15)16-17)7-5-3-2-4-6-7/h2-6H,1H3,(H2,15,16). The van der Waals surface area contributed by atoms with Crippen molar-refractivity contribution in [3.63, 3.8) is 0 Å². The monoisotopic (exact) mass is 257 g/mol. The summed E-state index contributed by atoms with van der Waals surface area (Å²) in [5.41, 5.74) is 4.68. The Bertz CT molecular complexity index is 549. The van der Waals surface area contributed by atoms with Crippen LogP contribution >= 0.6 is 0 Å². The highest BCUT2D eigenvalue weighted by Gasteiger charge is 2.41. The van der Waals surface area contributed by atoms with Crippen molar-refractivity contribution in [2.75, 3.05) is 12.8 Å². The van der Waals surface area contributed by atoms with E-state index < -0.39 is 11.9 Å². The molecule has 2 N–H and O–H groups in total. The Balaban J connectivity index is 2.71. The minimum Gasteiger partial charge on any atom is -0.399 e. The number of nitrogen functional groups attached to an aromatic ring is 1. The van der Waals surface area contributed by atoms with E-state index in [0.717, 1.165) is 7.11 Å². The molecule has 0 aliphatic heterocycles. The Hall–Kier alpha value is -2.18. The van der Waals surface area contributed by atoms with Gasteiger partial charge in [0.1, 0.15) is 7.11 Å². The van der Waals surface area contributed by atoms with E-state index in [0.29, 0.717) is 10.4 Å². The van der Waals surface area contributed by atoms with Gasteiger partial charge in [-0.3, -0.25) is 0 Å². The lowest BCUT2D eigenvalue weighted by molar-refractivity contribution is -0.151. The molecule has 4 nitrogen and oxygen atoms in total. The average molecular weight is 257 g/mol. The number of alkyl halides is 3. The Morgan fingerprint density at radius 2 is 1.83 bits per heavy atom. The summed E-state index contributed by atoms with van der Waals surface area (Å²) in [5, 5.41) is 3.52. The van der Waals surface area contributed by atoms with E-state index in [1.54, 1.807) is 18.2 Å². The number of nitrogens with two attached hydrogens (primary N) is 1. The van der Waals surface area contributed by atoms with Crippen molar-refractivity contribution in [1.29, 1.82) is 0 Å². The second-order valence-corrected chi connectivity index (χ2v) is 3.53. The summed E-state index contributed by atoms with van der Waals surface area (Å²) in [4.78, 5) is 4.95. The molecular weight excluding hydrogens is 247 g/mol. The topological polar surface area (TPSA) is 53.1 Å². The lowest BCUT2D eigenvalue weighted by atomic mass is 10.1. The maximum absolute atomic E-state index is 13.0. The fourth-order valence-electron chi connectivity index (χ4n) is 1.69. The van der Waals surface area contributed by atoms with Crippen LogP contribution in [0.25, 0.3) is 11.1 Å². The summed E-state index contributed by atoms with van der Waals surface area (Å²) >= 11 is 0. The van der Waals surface area contributed by atoms with Crippen LogP contribution in [0.2, 0.25) is 0 Å². The van der Waals surface area contributed by atoms with Crippen LogP contribution in [0.4, 0.5) is 19.0 Å². The van der Waals surface area contributed by atoms with Gasteiger partial charge in [-0.25, -0.2) is 0 Å². The molecule has 0 bridgehead atoms. The highest BCUT2D eigenvalue weighted by Crippen LogP contribution is 2.39. The molecule has 1 aromatic carbocycles. The van der Waals surface area contributed by atoms with Crippen LogP contribution in [0, 0.1) is 0 Å². The summed E-state index contributed by atoms with van der Waals surface area (Å²) in [6.45, 7) is 0. The molecule has 2 aromatic rings. The zero-order valence-electron chi connectivity index (χ0n) is 9.40. The number of nitrogens with zero attached hydrogens (tertiary/aromatic N) is 2. The van der Waals surface area contributed by atoms with Crippen molar-refractivity contribution < 1.29 is 18.0 Å². The number of anilines is 1. The number of benzene rings is 1. The van der Waals surface area contributed by atoms with Gasteiger partial charge >= 0.3 is 6.18 Å². The van der Waals surface area contributed by atoms with Crippen LogP contribution in [0.15, 0.2) is 30.3 Å². The first kappa shape index (κ1) is 12.3. The molecule has 2 rings (SSSR count). The first-order chi connectivity index (χ1) is 8.45. The van der Waals surface area contributed by atoms with E-state index in [2.05, 4.69) is 9.94 Å². The smallest absolute Gasteiger partial charge is 0.399 e. The molecule has 0 aliphatic rings. The second kappa shape index (κ2) is 4.25. The van der Waals surface area contributed by atoms with E-state index in [9.17, 15) is 13.2 Å². The molecule has 0 saturated carbocycles. The fraction of sp³-hybridized carbons (Fsp3) is 0.182. The normalized spacial score (nSPS) is 11.6. The van der Waals surface area contributed by atoms with Gasteiger partial charge in [-0.15, -0.1) is 5.10 Å². The zero-order valence-corrected chi connectivity index (χ0v) is 9.40. The predicted molar refractivity (Wildman–Crippen MR) is 59.6 cm³/mol. The Labute approximate surface area is 101 Å². The van der Waals surface area contributed by atoms with Gasteiger partial charge in [0.2, 0.25) is 0 Å². The zero-order chi connectivity index (χ0) is 13.3. The van der Waals surface area contributed by atoms with Crippen molar-refractivity contribution in [3.8, 4) is 11.1 Å². The minimum absolute atomic E-state index is 0.176. The second-order valence-electron chi connectivity index (χ2n) is 3.53. The first-order valence-electron chi connectivity index (χ1n) is 5.00. The molecule has 0 amide bonds. The van der Waals surface area contributed by atoms with Gasteiger partial charge in [-0.05, 0) is 5.56 Å². The third-order valence-corrected chi connectivity index (χ3v) is 2.39. The van der Waals surface area contributed by atoms with Crippen LogP contribution in [-0.2, 0) is 6.18 Å². The molecule has 0 fully saturated rings. The van der Waals surface area contributed by atoms with Crippen molar-refractivity contribution in [3.05, 3.63) is 36.0 Å². The summed E-state index contributed by atoms with van der Waals surface area (Å²) in [6, 6.07) is 8.01. The molecular formula is C11H10F3N3O. The molecule has 0 unspecified atom stereocenters. The molecule has 0 spiro atoms. The lowest BCUT2D eigenvalue weighted by Gasteiger charge is -2.10. The summed E-state index contributed by atoms with van der Waals surface area (Å²) in [7, 11) is 1.09. The number of aromatic nitrogens is 2. The van der Waals surface area contributed by atoms with E-state index in [4.69, 9.17) is 5.73 Å². The van der Waals surface area contributed by atoms with Gasteiger partial charge in [0, 0.05) is 0 Å². The van der Waals surface area contributed by atoms with E-state index in [1.807, 2.05) is 0 Å². The third kappa shape index (κ3) is 1.99. The molecule has 7 heteroatoms. The van der Waals surface area contributed by atoms with Crippen molar-refractivity contribution in [2.24, 2.45) is 0 Å². The molecule has 1 aromatic heterocycles. The first-order valence-corrected chi connectivity index (χ1v) is 5.00. The van der Waals surface area contributed by atoms with Gasteiger partial charge in [-0.2, -0.15) is 13.2 Å². The van der Waals surface area contributed by atoms with Gasteiger partial charge in [0.15, 0.2) is 11.5 Å². The molecule has 1 heterocycles. The van der Waals surface area contributed by atoms with Crippen molar-refractivity contribution in [2.45, 2.75) is 6.18 Å². The van der Waals surface area contributed by atoms with Crippen LogP contribution in [-0.4, -0.2) is 17.1 Å². The van der Waals surface area contributed by atoms with Gasteiger partial charge in [0.05, 0.1) is 5.56 Å². The van der Waals surface area contributed by atoms with Crippen LogP contribution in [0.3, 0.4) is 0 Å². The van der Waals surface area contributed by atoms with E-state index in [-0.39, 0.29) is 11.4 Å². The van der Waals surface area contributed by atoms with Gasteiger partial charge in [-0.1, -0.05) is 35.2 Å². The predicted octanol–water partition coefficient (Wildman–Crippen LogP) is 2.21. The highest BCUT2D eigenvalue weighted by atomic mass is 19.4. The Morgan fingerprint density at radius 1 is 1.22 bits per heavy atom. The SMILES string of the molecule is COn1nc(N)c(-c2ccccc2)c1C(F)(F)F. The lowest BCUT2D eigenvalue weighted by Crippen LogP contribution is -2.19. The van der Waals surface area contributed by atoms with Crippen LogP contribution < -0.4 is 10.6 Å². The summed E-state index contributed by atoms with van der Waals surface area (Å²) in [6.07, 6.45) is -4.61. The molecule has 0 saturated heterocycles. The minimum atomic E-state index is -4.61. The molecule has 18 heavy (non-hydrogen) atoms. The summed E-state index contributed by atoms with van der Waals surface area (Å²) < 4.78 is 39.0. The number of hydrogen-bond donors (Lipinski definition) is 1. The maximum Gasteiger partial charge on any atom is 0.437 e. The quantitative estimate of drug-likeness (QED) is 0.897. The van der Waals surface area contributed by atoms with Crippen LogP contribution in [0.1, 0.15) is 5.69 Å². The largest absolute Gasteiger partial charge is 0.437 e. The van der Waals surface area contributed by atoms with Crippen LogP contribution in [0.5, 0.6) is 0 Å². The number of halogens is 3. The van der Waals surface area contributed by atoms with Crippen molar-refractivity contribution >= 4 is 5.82 Å². The third-order valence-electron chi connectivity index (χ3n) is 2.39. The molecule has 0 atom stereocenters. The fourth-order valence-corrected chi connectivity index (χ4v) is 1.69. The van der Waals surface area contributed by atoms with Crippen molar-refractivity contribution in [1.82, 2.24) is 9.94 Å². The van der Waals surface area contributed by atoms with Gasteiger partial charge in [0.25, 0.3) is 0 Å². The molecule has 0 aliphatic carbocycles. The Morgan fingerprint density at radius 3 is 2.33 bits per heavy atom. The number of hydrogen-bond acceptors (Lipinski definition) is 3. The number of rotatable bonds is 2. The summed E-state index contributed by atoms with van der Waals surface area (Å²) in [5.74, 6) is -0.227. The van der Waals surface area contributed by atoms with E-state index in [1.165, 1.54) is 12.1 Å².